The Bertz CT molecular complexity index is 1320. The summed E-state index contributed by atoms with van der Waals surface area (Å²) in [5.74, 6) is -1.97. The predicted molar refractivity (Wildman–Crippen MR) is 122 cm³/mol. The molecule has 0 atom stereocenters. The average molecular weight is 483 g/mol. The molecule has 2 aromatic carbocycles. The van der Waals surface area contributed by atoms with E-state index in [-0.39, 0.29) is 47.7 Å². The highest BCUT2D eigenvalue weighted by molar-refractivity contribution is 7.18. The number of aromatic nitrogens is 2. The first kappa shape index (κ1) is 23.2. The van der Waals surface area contributed by atoms with Gasteiger partial charge in [0.1, 0.15) is 16.5 Å². The van der Waals surface area contributed by atoms with Gasteiger partial charge in [-0.15, -0.1) is 0 Å². The number of anilines is 1. The number of esters is 1. The summed E-state index contributed by atoms with van der Waals surface area (Å²) >= 11 is 1.03. The first-order valence-corrected chi connectivity index (χ1v) is 11.2. The maximum Gasteiger partial charge on any atom is 0.350 e. The number of aryl methyl sites for hydroxylation is 1. The molecule has 174 valence electrons. The summed E-state index contributed by atoms with van der Waals surface area (Å²) in [5.41, 5.74) is 1.23. The van der Waals surface area contributed by atoms with E-state index in [1.807, 2.05) is 30.3 Å². The van der Waals surface area contributed by atoms with Gasteiger partial charge in [-0.3, -0.25) is 4.79 Å². The third kappa shape index (κ3) is 5.34. The number of hydrogen-bond acceptors (Lipinski definition) is 7. The van der Waals surface area contributed by atoms with Gasteiger partial charge in [0.2, 0.25) is 5.91 Å². The molecule has 4 aromatic rings. The van der Waals surface area contributed by atoms with Crippen LogP contribution in [0.3, 0.4) is 0 Å². The fourth-order valence-corrected chi connectivity index (χ4v) is 4.04. The van der Waals surface area contributed by atoms with E-state index in [1.54, 1.807) is 6.92 Å². The molecular formula is C24H19F2N3O4S. The van der Waals surface area contributed by atoms with Crippen LogP contribution in [0.25, 0.3) is 22.6 Å². The maximum atomic E-state index is 13.9. The van der Waals surface area contributed by atoms with Crippen molar-refractivity contribution >= 4 is 28.3 Å². The van der Waals surface area contributed by atoms with Crippen molar-refractivity contribution in [1.29, 1.82) is 0 Å². The highest BCUT2D eigenvalue weighted by Crippen LogP contribution is 2.32. The molecule has 0 aliphatic rings. The van der Waals surface area contributed by atoms with Gasteiger partial charge >= 0.3 is 5.97 Å². The van der Waals surface area contributed by atoms with Gasteiger partial charge in [-0.05, 0) is 19.1 Å². The summed E-state index contributed by atoms with van der Waals surface area (Å²) in [4.78, 5) is 33.6. The van der Waals surface area contributed by atoms with Gasteiger partial charge in [-0.1, -0.05) is 41.7 Å². The lowest BCUT2D eigenvalue weighted by atomic mass is 10.1. The van der Waals surface area contributed by atoms with Crippen LogP contribution in [0.15, 0.2) is 59.1 Å². The quantitative estimate of drug-likeness (QED) is 0.333. The minimum Gasteiger partial charge on any atom is -0.462 e. The van der Waals surface area contributed by atoms with Gasteiger partial charge in [0, 0.05) is 24.5 Å². The molecule has 0 unspecified atom stereocenters. The zero-order valence-corrected chi connectivity index (χ0v) is 18.8. The monoisotopic (exact) mass is 483 g/mol. The van der Waals surface area contributed by atoms with Crippen LogP contribution in [-0.4, -0.2) is 28.5 Å². The van der Waals surface area contributed by atoms with E-state index < -0.39 is 17.6 Å². The van der Waals surface area contributed by atoms with Crippen molar-refractivity contribution in [2.75, 3.05) is 11.9 Å². The van der Waals surface area contributed by atoms with Gasteiger partial charge in [0.25, 0.3) is 0 Å². The molecule has 7 nitrogen and oxygen atoms in total. The largest absolute Gasteiger partial charge is 0.462 e. The van der Waals surface area contributed by atoms with E-state index in [0.29, 0.717) is 10.6 Å². The number of nitrogens with zero attached hydrogens (tertiary/aromatic N) is 2. The van der Waals surface area contributed by atoms with E-state index in [2.05, 4.69) is 15.3 Å². The molecule has 0 saturated carbocycles. The number of thiazole rings is 1. The smallest absolute Gasteiger partial charge is 0.350 e. The lowest BCUT2D eigenvalue weighted by Gasteiger charge is -2.01. The van der Waals surface area contributed by atoms with Crippen LogP contribution in [0.2, 0.25) is 0 Å². The van der Waals surface area contributed by atoms with Crippen LogP contribution in [0, 0.1) is 11.6 Å². The van der Waals surface area contributed by atoms with Gasteiger partial charge in [-0.25, -0.2) is 23.5 Å². The maximum absolute atomic E-state index is 13.9. The Morgan fingerprint density at radius 3 is 2.68 bits per heavy atom. The summed E-state index contributed by atoms with van der Waals surface area (Å²) in [7, 11) is 0. The van der Waals surface area contributed by atoms with E-state index >= 15 is 0 Å². The SMILES string of the molecule is CCOC(=O)c1sc(NC(=O)CCc2ncc(-c3ccc(F)cc3F)o2)nc1-c1ccccc1. The Kier molecular flexibility index (Phi) is 7.07. The lowest BCUT2D eigenvalue weighted by molar-refractivity contribution is -0.116. The standard InChI is InChI=1S/C24H19F2N3O4S/c1-2-32-23(31)22-21(14-6-4-3-5-7-14)29-24(34-22)28-19(30)10-11-20-27-13-18(33-20)16-9-8-15(25)12-17(16)26/h3-9,12-13H,2,10-11H2,1H3,(H,28,29,30). The van der Waals surface area contributed by atoms with Crippen molar-refractivity contribution in [3.63, 3.8) is 0 Å². The van der Waals surface area contributed by atoms with E-state index in [0.717, 1.165) is 29.0 Å². The molecule has 4 rings (SSSR count). The molecule has 34 heavy (non-hydrogen) atoms. The third-order valence-corrected chi connectivity index (χ3v) is 5.65. The second-order valence-corrected chi connectivity index (χ2v) is 8.07. The zero-order valence-electron chi connectivity index (χ0n) is 18.0. The first-order valence-electron chi connectivity index (χ1n) is 10.4. The summed E-state index contributed by atoms with van der Waals surface area (Å²) in [6.07, 6.45) is 1.49. The second-order valence-electron chi connectivity index (χ2n) is 7.07. The fourth-order valence-electron chi connectivity index (χ4n) is 3.14. The van der Waals surface area contributed by atoms with Crippen LogP contribution < -0.4 is 5.32 Å². The number of halogens is 2. The number of nitrogens with one attached hydrogen (secondary N) is 1. The molecule has 0 bridgehead atoms. The molecule has 2 aromatic heterocycles. The molecule has 1 N–H and O–H groups in total. The summed E-state index contributed by atoms with van der Waals surface area (Å²) in [5, 5.41) is 2.94. The van der Waals surface area contributed by atoms with Crippen molar-refractivity contribution < 1.29 is 27.5 Å². The van der Waals surface area contributed by atoms with E-state index in [9.17, 15) is 18.4 Å². The molecular weight excluding hydrogens is 464 g/mol. The van der Waals surface area contributed by atoms with Crippen molar-refractivity contribution in [3.8, 4) is 22.6 Å². The number of carbonyl (C=O) groups excluding carboxylic acids is 2. The number of hydrogen-bond donors (Lipinski definition) is 1. The number of carbonyl (C=O) groups is 2. The van der Waals surface area contributed by atoms with Crippen LogP contribution >= 0.6 is 11.3 Å². The highest BCUT2D eigenvalue weighted by Gasteiger charge is 2.22. The molecule has 0 aliphatic carbocycles. The summed E-state index contributed by atoms with van der Waals surface area (Å²) in [6.45, 7) is 1.93. The molecule has 0 radical (unpaired) electrons. The summed E-state index contributed by atoms with van der Waals surface area (Å²) < 4.78 is 37.7. The molecule has 0 fully saturated rings. The lowest BCUT2D eigenvalue weighted by Crippen LogP contribution is -2.12. The van der Waals surface area contributed by atoms with Crippen molar-refractivity contribution in [2.45, 2.75) is 19.8 Å². The number of oxazole rings is 1. The van der Waals surface area contributed by atoms with Crippen molar-refractivity contribution in [3.05, 3.63) is 77.1 Å². The molecule has 10 heteroatoms. The summed E-state index contributed by atoms with van der Waals surface area (Å²) in [6, 6.07) is 12.3. The van der Waals surface area contributed by atoms with Gasteiger partial charge in [0.15, 0.2) is 16.8 Å². The van der Waals surface area contributed by atoms with Gasteiger partial charge in [0.05, 0.1) is 24.1 Å². The van der Waals surface area contributed by atoms with Crippen LogP contribution in [-0.2, 0) is 16.0 Å². The fraction of sp³-hybridized carbons (Fsp3) is 0.167. The van der Waals surface area contributed by atoms with Crippen LogP contribution in [0.1, 0.15) is 28.9 Å². The second kappa shape index (κ2) is 10.3. The molecule has 2 heterocycles. The third-order valence-electron chi connectivity index (χ3n) is 4.70. The predicted octanol–water partition coefficient (Wildman–Crippen LogP) is 5.49. The number of amides is 1. The van der Waals surface area contributed by atoms with Crippen LogP contribution in [0.4, 0.5) is 13.9 Å². The molecule has 0 aliphatic heterocycles. The average Bonchev–Trinajstić information content (AvgIpc) is 3.46. The highest BCUT2D eigenvalue weighted by atomic mass is 32.1. The van der Waals surface area contributed by atoms with Crippen molar-refractivity contribution in [1.82, 2.24) is 9.97 Å². The van der Waals surface area contributed by atoms with Gasteiger partial charge < -0.3 is 14.5 Å². The minimum absolute atomic E-state index is 0.0147. The first-order chi connectivity index (χ1) is 16.4. The molecule has 0 saturated heterocycles. The Balaban J connectivity index is 1.43. The van der Waals surface area contributed by atoms with Crippen molar-refractivity contribution in [2.24, 2.45) is 0 Å². The normalized spacial score (nSPS) is 10.8. The number of benzene rings is 2. The Morgan fingerprint density at radius 1 is 1.15 bits per heavy atom. The van der Waals surface area contributed by atoms with Gasteiger partial charge in [-0.2, -0.15) is 0 Å². The number of ether oxygens (including phenoxy) is 1. The Labute approximate surface area is 197 Å². The molecule has 0 spiro atoms. The zero-order chi connectivity index (χ0) is 24.1. The van der Waals surface area contributed by atoms with E-state index in [1.165, 1.54) is 12.3 Å². The minimum atomic E-state index is -0.768. The van der Waals surface area contributed by atoms with Crippen LogP contribution in [0.5, 0.6) is 0 Å². The Hall–Kier alpha value is -3.92. The Morgan fingerprint density at radius 2 is 1.94 bits per heavy atom. The van der Waals surface area contributed by atoms with E-state index in [4.69, 9.17) is 9.15 Å². The topological polar surface area (TPSA) is 94.3 Å². The molecule has 1 amide bonds. The number of rotatable bonds is 8.